The van der Waals surface area contributed by atoms with Crippen LogP contribution in [0.5, 0.6) is 0 Å². The number of benzene rings is 3. The number of carbonyl (C=O) groups excluding carboxylic acids is 2. The van der Waals surface area contributed by atoms with Crippen LogP contribution in [0.15, 0.2) is 72.8 Å². The maximum atomic E-state index is 13.6. The number of nitrogens with one attached hydrogen (secondary N) is 2. The van der Waals surface area contributed by atoms with Gasteiger partial charge in [0.1, 0.15) is 5.00 Å². The summed E-state index contributed by atoms with van der Waals surface area (Å²) in [6, 6.07) is 23.6. The number of amides is 2. The smallest absolute Gasteiger partial charge is 0.258 e. The molecule has 166 valence electrons. The third-order valence-corrected chi connectivity index (χ3v) is 7.41. The number of rotatable bonds is 5. The Labute approximate surface area is 197 Å². The van der Waals surface area contributed by atoms with Crippen LogP contribution in [0, 0.1) is 5.92 Å². The van der Waals surface area contributed by atoms with Gasteiger partial charge in [0.05, 0.1) is 12.0 Å². The molecule has 0 radical (unpaired) electrons. The molecular weight excluding hydrogens is 428 g/mol. The Morgan fingerprint density at radius 3 is 2.55 bits per heavy atom. The third kappa shape index (κ3) is 4.55. The molecule has 0 unspecified atom stereocenters. The molecule has 5 rings (SSSR count). The second kappa shape index (κ2) is 9.20. The molecule has 0 saturated carbocycles. The zero-order valence-electron chi connectivity index (χ0n) is 18.6. The zero-order valence-corrected chi connectivity index (χ0v) is 19.4. The Bertz CT molecular complexity index is 1320. The minimum atomic E-state index is -0.159. The van der Waals surface area contributed by atoms with Crippen molar-refractivity contribution in [2.45, 2.75) is 32.6 Å². The number of anilines is 2. The van der Waals surface area contributed by atoms with Gasteiger partial charge in [0.15, 0.2) is 0 Å². The molecule has 1 heterocycles. The van der Waals surface area contributed by atoms with Crippen molar-refractivity contribution in [3.63, 3.8) is 0 Å². The molecule has 1 atom stereocenters. The van der Waals surface area contributed by atoms with Gasteiger partial charge >= 0.3 is 0 Å². The van der Waals surface area contributed by atoms with E-state index in [1.807, 2.05) is 72.8 Å². The maximum absolute atomic E-state index is 13.6. The van der Waals surface area contributed by atoms with Crippen LogP contribution in [-0.2, 0) is 24.1 Å². The Morgan fingerprint density at radius 1 is 0.939 bits per heavy atom. The highest BCUT2D eigenvalue weighted by Gasteiger charge is 2.28. The van der Waals surface area contributed by atoms with Gasteiger partial charge in [0.25, 0.3) is 5.91 Å². The second-order valence-corrected chi connectivity index (χ2v) is 9.85. The first-order chi connectivity index (χ1) is 16.1. The highest BCUT2D eigenvalue weighted by Crippen LogP contribution is 2.40. The lowest BCUT2D eigenvalue weighted by molar-refractivity contribution is -0.115. The molecular formula is C28H26N2O2S. The lowest BCUT2D eigenvalue weighted by atomic mass is 9.88. The first kappa shape index (κ1) is 21.4. The van der Waals surface area contributed by atoms with Crippen molar-refractivity contribution in [2.75, 3.05) is 10.6 Å². The summed E-state index contributed by atoms with van der Waals surface area (Å²) in [5.74, 6) is 0.318. The van der Waals surface area contributed by atoms with E-state index in [9.17, 15) is 9.59 Å². The molecule has 1 aliphatic rings. The summed E-state index contributed by atoms with van der Waals surface area (Å²) in [6.45, 7) is 2.24. The number of hydrogen-bond donors (Lipinski definition) is 2. The molecule has 4 nitrogen and oxygen atoms in total. The molecule has 0 aliphatic heterocycles. The van der Waals surface area contributed by atoms with Crippen LogP contribution < -0.4 is 10.6 Å². The standard InChI is InChI=1S/C28H26N2O2S/c1-18-14-15-22-24(16-18)33-28(30-25(31)17-19-8-3-2-4-9-19)26(22)27(32)29-23-13-7-11-20-10-5-6-12-21(20)23/h2-13,18H,14-17H2,1H3,(H,29,32)(H,30,31)/t18-/m1/s1. The largest absolute Gasteiger partial charge is 0.321 e. The molecule has 3 aromatic carbocycles. The van der Waals surface area contributed by atoms with Crippen LogP contribution in [0.1, 0.15) is 39.7 Å². The SMILES string of the molecule is C[C@@H]1CCc2c(sc(NC(=O)Cc3ccccc3)c2C(=O)Nc2cccc3ccccc23)C1. The minimum Gasteiger partial charge on any atom is -0.321 e. The molecule has 33 heavy (non-hydrogen) atoms. The van der Waals surface area contributed by atoms with E-state index in [0.717, 1.165) is 46.8 Å². The first-order valence-electron chi connectivity index (χ1n) is 11.4. The molecule has 4 aromatic rings. The predicted octanol–water partition coefficient (Wildman–Crippen LogP) is 6.46. The summed E-state index contributed by atoms with van der Waals surface area (Å²) in [7, 11) is 0. The van der Waals surface area contributed by atoms with E-state index in [1.54, 1.807) is 11.3 Å². The highest BCUT2D eigenvalue weighted by atomic mass is 32.1. The topological polar surface area (TPSA) is 58.2 Å². The van der Waals surface area contributed by atoms with Gasteiger partial charge in [-0.3, -0.25) is 9.59 Å². The Hall–Kier alpha value is -3.44. The van der Waals surface area contributed by atoms with Crippen molar-refractivity contribution >= 4 is 44.6 Å². The Morgan fingerprint density at radius 2 is 1.70 bits per heavy atom. The third-order valence-electron chi connectivity index (χ3n) is 6.24. The van der Waals surface area contributed by atoms with Crippen molar-refractivity contribution in [3.05, 3.63) is 94.4 Å². The average Bonchev–Trinajstić information content (AvgIpc) is 3.16. The summed E-state index contributed by atoms with van der Waals surface area (Å²) in [5, 5.41) is 8.92. The van der Waals surface area contributed by atoms with Gasteiger partial charge in [-0.15, -0.1) is 11.3 Å². The normalized spacial score (nSPS) is 15.1. The number of fused-ring (bicyclic) bond motifs is 2. The van der Waals surface area contributed by atoms with E-state index in [-0.39, 0.29) is 18.2 Å². The van der Waals surface area contributed by atoms with E-state index >= 15 is 0 Å². The molecule has 5 heteroatoms. The van der Waals surface area contributed by atoms with Crippen LogP contribution in [0.2, 0.25) is 0 Å². The first-order valence-corrected chi connectivity index (χ1v) is 12.2. The van der Waals surface area contributed by atoms with Crippen LogP contribution in [0.4, 0.5) is 10.7 Å². The second-order valence-electron chi connectivity index (χ2n) is 8.75. The molecule has 0 spiro atoms. The summed E-state index contributed by atoms with van der Waals surface area (Å²) in [4.78, 5) is 27.6. The van der Waals surface area contributed by atoms with Gasteiger partial charge in [0, 0.05) is 16.0 Å². The molecule has 1 aliphatic carbocycles. The van der Waals surface area contributed by atoms with E-state index in [1.165, 1.54) is 4.88 Å². The highest BCUT2D eigenvalue weighted by molar-refractivity contribution is 7.17. The maximum Gasteiger partial charge on any atom is 0.258 e. The van der Waals surface area contributed by atoms with E-state index in [0.29, 0.717) is 16.5 Å². The number of thiophene rings is 1. The van der Waals surface area contributed by atoms with Gasteiger partial charge < -0.3 is 10.6 Å². The Balaban J connectivity index is 1.46. The lowest BCUT2D eigenvalue weighted by Crippen LogP contribution is -2.20. The lowest BCUT2D eigenvalue weighted by Gasteiger charge is -2.19. The van der Waals surface area contributed by atoms with Gasteiger partial charge in [0.2, 0.25) is 5.91 Å². The van der Waals surface area contributed by atoms with Crippen LogP contribution in [0.25, 0.3) is 10.8 Å². The van der Waals surface area contributed by atoms with E-state index in [4.69, 9.17) is 0 Å². The van der Waals surface area contributed by atoms with Crippen molar-refractivity contribution < 1.29 is 9.59 Å². The average molecular weight is 455 g/mol. The van der Waals surface area contributed by atoms with E-state index < -0.39 is 0 Å². The summed E-state index contributed by atoms with van der Waals surface area (Å²) < 4.78 is 0. The van der Waals surface area contributed by atoms with E-state index in [2.05, 4.69) is 17.6 Å². The van der Waals surface area contributed by atoms with Crippen molar-refractivity contribution in [1.82, 2.24) is 0 Å². The van der Waals surface area contributed by atoms with Gasteiger partial charge in [-0.2, -0.15) is 0 Å². The van der Waals surface area contributed by atoms with Gasteiger partial charge in [-0.1, -0.05) is 73.7 Å². The molecule has 0 fully saturated rings. The molecule has 2 N–H and O–H groups in total. The molecule has 1 aromatic heterocycles. The van der Waals surface area contributed by atoms with Crippen LogP contribution in [-0.4, -0.2) is 11.8 Å². The Kier molecular flexibility index (Phi) is 5.97. The minimum absolute atomic E-state index is 0.105. The van der Waals surface area contributed by atoms with Crippen molar-refractivity contribution in [3.8, 4) is 0 Å². The monoisotopic (exact) mass is 454 g/mol. The number of carbonyl (C=O) groups is 2. The summed E-state index contributed by atoms with van der Waals surface area (Å²) >= 11 is 1.55. The number of hydrogen-bond acceptors (Lipinski definition) is 3. The van der Waals surface area contributed by atoms with Gasteiger partial charge in [-0.25, -0.2) is 0 Å². The predicted molar refractivity (Wildman–Crippen MR) is 136 cm³/mol. The fraction of sp³-hybridized carbons (Fsp3) is 0.214. The van der Waals surface area contributed by atoms with Crippen molar-refractivity contribution in [2.24, 2.45) is 5.92 Å². The fourth-order valence-electron chi connectivity index (χ4n) is 4.55. The summed E-state index contributed by atoms with van der Waals surface area (Å²) in [6.07, 6.45) is 3.14. The fourth-order valence-corrected chi connectivity index (χ4v) is 5.97. The quantitative estimate of drug-likeness (QED) is 0.364. The van der Waals surface area contributed by atoms with Crippen LogP contribution >= 0.6 is 11.3 Å². The van der Waals surface area contributed by atoms with Crippen molar-refractivity contribution in [1.29, 1.82) is 0 Å². The molecule has 0 bridgehead atoms. The molecule has 0 saturated heterocycles. The van der Waals surface area contributed by atoms with Crippen LogP contribution in [0.3, 0.4) is 0 Å². The zero-order chi connectivity index (χ0) is 22.8. The van der Waals surface area contributed by atoms with Gasteiger partial charge in [-0.05, 0) is 47.8 Å². The summed E-state index contributed by atoms with van der Waals surface area (Å²) in [5.41, 5.74) is 3.44. The molecule has 2 amide bonds.